The summed E-state index contributed by atoms with van der Waals surface area (Å²) in [4.78, 5) is 19.2. The van der Waals surface area contributed by atoms with E-state index in [2.05, 4.69) is 9.97 Å². The van der Waals surface area contributed by atoms with Gasteiger partial charge in [-0.25, -0.2) is 4.98 Å². The molecule has 2 rings (SSSR count). The number of hydrogen-bond donors (Lipinski definition) is 1. The first-order valence-corrected chi connectivity index (χ1v) is 6.75. The number of aromatic nitrogens is 2. The maximum Gasteiger partial charge on any atom is 0.254 e. The fourth-order valence-electron chi connectivity index (χ4n) is 2.62. The molecule has 1 aliphatic carbocycles. The first kappa shape index (κ1) is 12.3. The molecule has 0 saturated heterocycles. The van der Waals surface area contributed by atoms with Gasteiger partial charge in [-0.15, -0.1) is 0 Å². The molecule has 0 aromatic carbocycles. The molecule has 1 aromatic heterocycles. The Hall–Kier alpha value is -1.12. The van der Waals surface area contributed by atoms with Gasteiger partial charge in [0.2, 0.25) is 0 Å². The smallest absolute Gasteiger partial charge is 0.254 e. The van der Waals surface area contributed by atoms with Gasteiger partial charge in [-0.05, 0) is 11.8 Å². The van der Waals surface area contributed by atoms with Crippen LogP contribution in [-0.4, -0.2) is 9.97 Å². The first-order chi connectivity index (χ1) is 8.16. The van der Waals surface area contributed by atoms with Gasteiger partial charge in [-0.2, -0.15) is 0 Å². The van der Waals surface area contributed by atoms with Crippen LogP contribution in [0.4, 0.5) is 0 Å². The van der Waals surface area contributed by atoms with Crippen molar-refractivity contribution in [2.24, 2.45) is 5.92 Å². The van der Waals surface area contributed by atoms with E-state index in [1.165, 1.54) is 32.1 Å². The first-order valence-electron chi connectivity index (χ1n) is 6.75. The van der Waals surface area contributed by atoms with Gasteiger partial charge in [0.05, 0.1) is 0 Å². The van der Waals surface area contributed by atoms with Crippen LogP contribution in [-0.2, 0) is 6.42 Å². The van der Waals surface area contributed by atoms with E-state index in [1.54, 1.807) is 6.20 Å². The Balaban J connectivity index is 2.06. The second-order valence-electron chi connectivity index (χ2n) is 5.48. The molecule has 0 aliphatic heterocycles. The third-order valence-corrected chi connectivity index (χ3v) is 3.71. The summed E-state index contributed by atoms with van der Waals surface area (Å²) in [5.41, 5.74) is 0.832. The van der Waals surface area contributed by atoms with Crippen LogP contribution >= 0.6 is 0 Å². The highest BCUT2D eigenvalue weighted by molar-refractivity contribution is 5.10. The van der Waals surface area contributed by atoms with Gasteiger partial charge in [0, 0.05) is 18.2 Å². The molecule has 3 heteroatoms. The molecule has 1 fully saturated rings. The molecule has 0 spiro atoms. The average Bonchev–Trinajstić information content (AvgIpc) is 2.30. The fourth-order valence-corrected chi connectivity index (χ4v) is 2.62. The van der Waals surface area contributed by atoms with Crippen LogP contribution in [0.2, 0.25) is 0 Å². The molecular formula is C14H22N2O. The Kier molecular flexibility index (Phi) is 3.97. The summed E-state index contributed by atoms with van der Waals surface area (Å²) in [6.07, 6.45) is 9.30. The van der Waals surface area contributed by atoms with Crippen LogP contribution in [0.1, 0.15) is 63.3 Å². The van der Waals surface area contributed by atoms with Crippen molar-refractivity contribution in [3.05, 3.63) is 27.9 Å². The summed E-state index contributed by atoms with van der Waals surface area (Å²) in [7, 11) is 0. The van der Waals surface area contributed by atoms with E-state index in [1.807, 2.05) is 13.8 Å². The zero-order valence-corrected chi connectivity index (χ0v) is 10.8. The fraction of sp³-hybridized carbons (Fsp3) is 0.714. The number of nitrogens with one attached hydrogen (secondary N) is 1. The summed E-state index contributed by atoms with van der Waals surface area (Å²) in [6, 6.07) is 0. The molecular weight excluding hydrogens is 212 g/mol. The average molecular weight is 234 g/mol. The quantitative estimate of drug-likeness (QED) is 0.873. The number of H-pyrrole nitrogens is 1. The standard InChI is InChI=1S/C14H22N2O/c1-10(2)12-9-15-13(16-14(12)17)8-11-6-4-3-5-7-11/h9-11H,3-8H2,1-2H3,(H,15,16,17). The number of nitrogens with zero attached hydrogens (tertiary/aromatic N) is 1. The summed E-state index contributed by atoms with van der Waals surface area (Å²) in [5.74, 6) is 1.83. The minimum absolute atomic E-state index is 0.0424. The van der Waals surface area contributed by atoms with E-state index >= 15 is 0 Å². The predicted octanol–water partition coefficient (Wildman–Crippen LogP) is 3.02. The van der Waals surface area contributed by atoms with Crippen molar-refractivity contribution in [2.45, 2.75) is 58.3 Å². The lowest BCUT2D eigenvalue weighted by Crippen LogP contribution is -2.19. The highest BCUT2D eigenvalue weighted by Gasteiger charge is 2.15. The molecule has 0 unspecified atom stereocenters. The Morgan fingerprint density at radius 1 is 1.35 bits per heavy atom. The largest absolute Gasteiger partial charge is 0.310 e. The Morgan fingerprint density at radius 2 is 2.06 bits per heavy atom. The zero-order valence-electron chi connectivity index (χ0n) is 10.8. The maximum absolute atomic E-state index is 11.8. The highest BCUT2D eigenvalue weighted by Crippen LogP contribution is 2.25. The summed E-state index contributed by atoms with van der Waals surface area (Å²) < 4.78 is 0. The molecule has 1 saturated carbocycles. The molecule has 0 radical (unpaired) electrons. The molecule has 0 atom stereocenters. The highest BCUT2D eigenvalue weighted by atomic mass is 16.1. The van der Waals surface area contributed by atoms with Crippen molar-refractivity contribution in [3.8, 4) is 0 Å². The van der Waals surface area contributed by atoms with Gasteiger partial charge in [0.1, 0.15) is 5.82 Å². The van der Waals surface area contributed by atoms with Crippen LogP contribution in [0.3, 0.4) is 0 Å². The van der Waals surface area contributed by atoms with E-state index in [0.29, 0.717) is 0 Å². The van der Waals surface area contributed by atoms with Crippen LogP contribution < -0.4 is 5.56 Å². The lowest BCUT2D eigenvalue weighted by molar-refractivity contribution is 0.351. The summed E-state index contributed by atoms with van der Waals surface area (Å²) >= 11 is 0. The second-order valence-corrected chi connectivity index (χ2v) is 5.48. The Bertz CT molecular complexity index is 416. The molecule has 0 bridgehead atoms. The zero-order chi connectivity index (χ0) is 12.3. The Morgan fingerprint density at radius 3 is 2.65 bits per heavy atom. The van der Waals surface area contributed by atoms with Gasteiger partial charge < -0.3 is 4.98 Å². The molecule has 94 valence electrons. The van der Waals surface area contributed by atoms with Gasteiger partial charge in [-0.1, -0.05) is 46.0 Å². The molecule has 1 N–H and O–H groups in total. The Labute approximate surface area is 103 Å². The van der Waals surface area contributed by atoms with E-state index in [0.717, 1.165) is 23.7 Å². The topological polar surface area (TPSA) is 45.8 Å². The molecule has 1 heterocycles. The number of rotatable bonds is 3. The summed E-state index contributed by atoms with van der Waals surface area (Å²) in [6.45, 7) is 4.04. The van der Waals surface area contributed by atoms with Crippen molar-refractivity contribution in [1.29, 1.82) is 0 Å². The van der Waals surface area contributed by atoms with Crippen molar-refractivity contribution in [2.75, 3.05) is 0 Å². The molecule has 1 aromatic rings. The molecule has 1 aliphatic rings. The molecule has 3 nitrogen and oxygen atoms in total. The predicted molar refractivity (Wildman–Crippen MR) is 69.2 cm³/mol. The van der Waals surface area contributed by atoms with E-state index in [4.69, 9.17) is 0 Å². The summed E-state index contributed by atoms with van der Waals surface area (Å²) in [5, 5.41) is 0. The van der Waals surface area contributed by atoms with E-state index in [-0.39, 0.29) is 11.5 Å². The van der Waals surface area contributed by atoms with Crippen LogP contribution in [0.25, 0.3) is 0 Å². The minimum Gasteiger partial charge on any atom is -0.310 e. The van der Waals surface area contributed by atoms with Crippen LogP contribution in [0.15, 0.2) is 11.0 Å². The number of hydrogen-bond acceptors (Lipinski definition) is 2. The van der Waals surface area contributed by atoms with Crippen molar-refractivity contribution >= 4 is 0 Å². The maximum atomic E-state index is 11.8. The lowest BCUT2D eigenvalue weighted by Gasteiger charge is -2.20. The molecule has 17 heavy (non-hydrogen) atoms. The third-order valence-electron chi connectivity index (χ3n) is 3.71. The second kappa shape index (κ2) is 5.48. The van der Waals surface area contributed by atoms with Gasteiger partial charge in [0.15, 0.2) is 0 Å². The van der Waals surface area contributed by atoms with E-state index in [9.17, 15) is 4.79 Å². The minimum atomic E-state index is 0.0424. The van der Waals surface area contributed by atoms with Crippen molar-refractivity contribution < 1.29 is 0 Å². The normalized spacial score (nSPS) is 17.6. The van der Waals surface area contributed by atoms with Gasteiger partial charge in [-0.3, -0.25) is 4.79 Å². The van der Waals surface area contributed by atoms with Gasteiger partial charge >= 0.3 is 0 Å². The SMILES string of the molecule is CC(C)c1cnc(CC2CCCCC2)[nH]c1=O. The van der Waals surface area contributed by atoms with Crippen molar-refractivity contribution in [3.63, 3.8) is 0 Å². The van der Waals surface area contributed by atoms with Crippen LogP contribution in [0, 0.1) is 5.92 Å². The van der Waals surface area contributed by atoms with Crippen LogP contribution in [0.5, 0.6) is 0 Å². The van der Waals surface area contributed by atoms with Gasteiger partial charge in [0.25, 0.3) is 5.56 Å². The monoisotopic (exact) mass is 234 g/mol. The lowest BCUT2D eigenvalue weighted by atomic mass is 9.87. The van der Waals surface area contributed by atoms with E-state index < -0.39 is 0 Å². The number of aromatic amines is 1. The van der Waals surface area contributed by atoms with Crippen molar-refractivity contribution in [1.82, 2.24) is 9.97 Å². The molecule has 0 amide bonds. The third kappa shape index (κ3) is 3.18.